The molecule has 1 saturated heterocycles. The van der Waals surface area contributed by atoms with E-state index in [1.54, 1.807) is 18.2 Å². The van der Waals surface area contributed by atoms with Gasteiger partial charge in [0.05, 0.1) is 5.69 Å². The molecule has 0 aliphatic carbocycles. The molecule has 1 fully saturated rings. The van der Waals surface area contributed by atoms with E-state index in [1.165, 1.54) is 0 Å². The van der Waals surface area contributed by atoms with Gasteiger partial charge in [0, 0.05) is 24.2 Å². The van der Waals surface area contributed by atoms with Gasteiger partial charge in [-0.1, -0.05) is 12.1 Å². The first-order chi connectivity index (χ1) is 12.0. The Hall–Kier alpha value is -1.87. The van der Waals surface area contributed by atoms with Crippen molar-refractivity contribution in [3.05, 3.63) is 41.5 Å². The number of rotatable bonds is 2. The fraction of sp³-hybridized carbons (Fsp3) is 0.353. The van der Waals surface area contributed by atoms with Crippen LogP contribution in [0.4, 0.5) is 5.82 Å². The van der Waals surface area contributed by atoms with Gasteiger partial charge < -0.3 is 10.4 Å². The lowest BCUT2D eigenvalue weighted by atomic mass is 9.87. The Balaban J connectivity index is 0.00000196. The van der Waals surface area contributed by atoms with Crippen LogP contribution in [0.1, 0.15) is 29.9 Å². The van der Waals surface area contributed by atoms with E-state index in [-0.39, 0.29) is 24.7 Å². The van der Waals surface area contributed by atoms with Crippen LogP contribution in [0.25, 0.3) is 11.3 Å². The zero-order chi connectivity index (χ0) is 17.4. The molecule has 0 amide bonds. The van der Waals surface area contributed by atoms with E-state index in [2.05, 4.69) is 19.7 Å². The van der Waals surface area contributed by atoms with Gasteiger partial charge in [0.25, 0.3) is 0 Å². The predicted octanol–water partition coefficient (Wildman–Crippen LogP) is 2.10. The Morgan fingerprint density at radius 3 is 2.77 bits per heavy atom. The first-order valence-electron chi connectivity index (χ1n) is 8.34. The summed E-state index contributed by atoms with van der Waals surface area (Å²) in [5.74, 6) is 0.763. The Labute approximate surface area is 158 Å². The van der Waals surface area contributed by atoms with Crippen molar-refractivity contribution in [3.8, 4) is 17.0 Å². The average Bonchev–Trinajstić information content (AvgIpc) is 2.61. The van der Waals surface area contributed by atoms with Crippen LogP contribution in [-0.4, -0.2) is 31.6 Å². The molecular weight excluding hydrogens is 376 g/mol. The van der Waals surface area contributed by atoms with Crippen LogP contribution in [-0.2, 0) is 16.8 Å². The summed E-state index contributed by atoms with van der Waals surface area (Å²) >= 11 is 0. The summed E-state index contributed by atoms with van der Waals surface area (Å²) in [5, 5.41) is 13.6. The summed E-state index contributed by atoms with van der Waals surface area (Å²) in [7, 11) is -3.59. The van der Waals surface area contributed by atoms with Crippen molar-refractivity contribution in [1.29, 1.82) is 0 Å². The molecule has 9 heteroatoms. The SMILES string of the molecule is Cl.O=S1(=O)NCc2c(C3CCCNC3)cc(-c3ccccc3O)nc2N1. The number of anilines is 1. The molecule has 7 nitrogen and oxygen atoms in total. The molecule has 1 unspecified atom stereocenters. The Kier molecular flexibility index (Phi) is 5.38. The first kappa shape index (κ1) is 18.9. The number of para-hydroxylation sites is 1. The van der Waals surface area contributed by atoms with E-state index in [1.807, 2.05) is 12.1 Å². The third-order valence-electron chi connectivity index (χ3n) is 4.75. The Bertz CT molecular complexity index is 914. The summed E-state index contributed by atoms with van der Waals surface area (Å²) < 4.78 is 28.8. The molecular formula is C17H21ClN4O3S. The minimum absolute atomic E-state index is 0. The number of phenols is 1. The normalized spacial score (nSPS) is 21.2. The van der Waals surface area contributed by atoms with E-state index in [4.69, 9.17) is 0 Å². The summed E-state index contributed by atoms with van der Waals surface area (Å²) in [5.41, 5.74) is 3.11. The maximum Gasteiger partial charge on any atom is 0.300 e. The molecule has 1 aromatic heterocycles. The molecule has 140 valence electrons. The van der Waals surface area contributed by atoms with Crippen molar-refractivity contribution in [2.24, 2.45) is 0 Å². The van der Waals surface area contributed by atoms with E-state index in [9.17, 15) is 13.5 Å². The molecule has 0 saturated carbocycles. The lowest BCUT2D eigenvalue weighted by Crippen LogP contribution is -2.37. The monoisotopic (exact) mass is 396 g/mol. The maximum atomic E-state index is 11.9. The molecule has 1 atom stereocenters. The fourth-order valence-electron chi connectivity index (χ4n) is 3.50. The van der Waals surface area contributed by atoms with Crippen LogP contribution < -0.4 is 14.8 Å². The van der Waals surface area contributed by atoms with Gasteiger partial charge in [-0.15, -0.1) is 12.4 Å². The van der Waals surface area contributed by atoms with Crippen molar-refractivity contribution in [3.63, 3.8) is 0 Å². The predicted molar refractivity (Wildman–Crippen MR) is 103 cm³/mol. The van der Waals surface area contributed by atoms with Gasteiger partial charge in [-0.2, -0.15) is 13.1 Å². The molecule has 2 aliphatic heterocycles. The Morgan fingerprint density at radius 2 is 2.04 bits per heavy atom. The minimum atomic E-state index is -3.59. The van der Waals surface area contributed by atoms with Gasteiger partial charge in [-0.05, 0) is 49.1 Å². The molecule has 4 N–H and O–H groups in total. The number of fused-ring (bicyclic) bond motifs is 1. The lowest BCUT2D eigenvalue weighted by molar-refractivity contribution is 0.459. The molecule has 4 rings (SSSR count). The highest BCUT2D eigenvalue weighted by molar-refractivity contribution is 7.90. The van der Waals surface area contributed by atoms with Gasteiger partial charge in [0.1, 0.15) is 11.6 Å². The lowest BCUT2D eigenvalue weighted by Gasteiger charge is -2.29. The quantitative estimate of drug-likeness (QED) is 0.622. The number of benzene rings is 1. The molecule has 26 heavy (non-hydrogen) atoms. The summed E-state index contributed by atoms with van der Waals surface area (Å²) in [6, 6.07) is 8.93. The number of phenolic OH excluding ortho intramolecular Hbond substituents is 1. The number of nitrogens with one attached hydrogen (secondary N) is 3. The van der Waals surface area contributed by atoms with Crippen LogP contribution in [0.5, 0.6) is 5.75 Å². The van der Waals surface area contributed by atoms with Crippen LogP contribution in [0.2, 0.25) is 0 Å². The van der Waals surface area contributed by atoms with Crippen LogP contribution in [0, 0.1) is 0 Å². The van der Waals surface area contributed by atoms with Crippen LogP contribution in [0.15, 0.2) is 30.3 Å². The zero-order valence-electron chi connectivity index (χ0n) is 14.0. The number of pyridine rings is 1. The van der Waals surface area contributed by atoms with Crippen molar-refractivity contribution in [1.82, 2.24) is 15.0 Å². The average molecular weight is 397 g/mol. The van der Waals surface area contributed by atoms with E-state index in [0.29, 0.717) is 23.0 Å². The summed E-state index contributed by atoms with van der Waals surface area (Å²) in [6.07, 6.45) is 2.11. The zero-order valence-corrected chi connectivity index (χ0v) is 15.7. The van der Waals surface area contributed by atoms with Crippen LogP contribution in [0.3, 0.4) is 0 Å². The van der Waals surface area contributed by atoms with Crippen LogP contribution >= 0.6 is 12.4 Å². The Morgan fingerprint density at radius 1 is 1.23 bits per heavy atom. The number of aromatic nitrogens is 1. The van der Waals surface area contributed by atoms with Gasteiger partial charge >= 0.3 is 10.2 Å². The fourth-order valence-corrected chi connectivity index (χ4v) is 4.33. The minimum Gasteiger partial charge on any atom is -0.507 e. The van der Waals surface area contributed by atoms with E-state index >= 15 is 0 Å². The topological polar surface area (TPSA) is 103 Å². The highest BCUT2D eigenvalue weighted by Crippen LogP contribution is 2.37. The van der Waals surface area contributed by atoms with Gasteiger partial charge in [-0.25, -0.2) is 4.98 Å². The first-order valence-corrected chi connectivity index (χ1v) is 9.82. The molecule has 0 radical (unpaired) electrons. The van der Waals surface area contributed by atoms with Gasteiger partial charge in [-0.3, -0.25) is 4.72 Å². The number of hydrogen-bond donors (Lipinski definition) is 4. The van der Waals surface area contributed by atoms with Gasteiger partial charge in [0.2, 0.25) is 0 Å². The molecule has 0 spiro atoms. The second kappa shape index (κ2) is 7.40. The third-order valence-corrected chi connectivity index (χ3v) is 5.73. The third kappa shape index (κ3) is 3.64. The largest absolute Gasteiger partial charge is 0.507 e. The molecule has 1 aromatic carbocycles. The number of halogens is 1. The molecule has 2 aliphatic rings. The number of aromatic hydroxyl groups is 1. The van der Waals surface area contributed by atoms with E-state index < -0.39 is 10.2 Å². The maximum absolute atomic E-state index is 11.9. The van der Waals surface area contributed by atoms with Crippen molar-refractivity contribution >= 4 is 28.4 Å². The van der Waals surface area contributed by atoms with E-state index in [0.717, 1.165) is 37.1 Å². The van der Waals surface area contributed by atoms with Gasteiger partial charge in [0.15, 0.2) is 0 Å². The highest BCUT2D eigenvalue weighted by atomic mass is 35.5. The smallest absolute Gasteiger partial charge is 0.300 e. The number of piperidine rings is 1. The summed E-state index contributed by atoms with van der Waals surface area (Å²) in [6.45, 7) is 2.08. The standard InChI is InChI=1S/C17H20N4O3S.ClH/c22-16-6-2-1-5-12(16)15-8-13(11-4-3-7-18-9-11)14-10-19-25(23,24)21-17(14)20-15;/h1-2,5-6,8,11,18-19,22H,3-4,7,9-10H2,(H,20,21);1H. The second-order valence-corrected chi connectivity index (χ2v) is 7.91. The van der Waals surface area contributed by atoms with Crippen molar-refractivity contribution in [2.75, 3.05) is 17.8 Å². The molecule has 2 aromatic rings. The number of hydrogen-bond acceptors (Lipinski definition) is 5. The summed E-state index contributed by atoms with van der Waals surface area (Å²) in [4.78, 5) is 4.48. The highest BCUT2D eigenvalue weighted by Gasteiger charge is 2.28. The second-order valence-electron chi connectivity index (χ2n) is 6.41. The molecule has 3 heterocycles. The van der Waals surface area contributed by atoms with Crippen molar-refractivity contribution in [2.45, 2.75) is 25.3 Å². The number of nitrogens with zero attached hydrogens (tertiary/aromatic N) is 1. The molecule has 0 bridgehead atoms. The van der Waals surface area contributed by atoms with Crippen molar-refractivity contribution < 1.29 is 13.5 Å².